The summed E-state index contributed by atoms with van der Waals surface area (Å²) >= 11 is 0. The zero-order valence-electron chi connectivity index (χ0n) is 16.3. The van der Waals surface area contributed by atoms with E-state index in [0.717, 1.165) is 42.8 Å². The fourth-order valence-electron chi connectivity index (χ4n) is 4.24. The zero-order chi connectivity index (χ0) is 19.3. The van der Waals surface area contributed by atoms with Crippen molar-refractivity contribution in [1.29, 1.82) is 0 Å². The Kier molecular flexibility index (Phi) is 5.60. The van der Waals surface area contributed by atoms with Gasteiger partial charge in [-0.25, -0.2) is 4.98 Å². The van der Waals surface area contributed by atoms with Crippen LogP contribution in [0.15, 0.2) is 54.9 Å². The van der Waals surface area contributed by atoms with Crippen LogP contribution in [0.5, 0.6) is 5.75 Å². The molecular weight excluding hydrogens is 350 g/mol. The molecule has 1 N–H and O–H groups in total. The van der Waals surface area contributed by atoms with Gasteiger partial charge in [0, 0.05) is 36.5 Å². The highest BCUT2D eigenvalue weighted by Crippen LogP contribution is 2.32. The number of benzene rings is 1. The van der Waals surface area contributed by atoms with Gasteiger partial charge < -0.3 is 14.6 Å². The minimum atomic E-state index is 0.127. The van der Waals surface area contributed by atoms with Crippen molar-refractivity contribution >= 4 is 5.91 Å². The van der Waals surface area contributed by atoms with Crippen molar-refractivity contribution in [2.45, 2.75) is 50.6 Å². The number of hydrogen-bond donors (Lipinski definition) is 1. The lowest BCUT2D eigenvalue weighted by atomic mass is 9.90. The molecule has 5 heteroatoms. The lowest BCUT2D eigenvalue weighted by Gasteiger charge is -2.31. The SMILES string of the molecule is COc1ccccc1CCC(=O)NC1CCC(n2cccc3ccnc2-3)CC1. The highest BCUT2D eigenvalue weighted by atomic mass is 16.5. The van der Waals surface area contributed by atoms with Crippen LogP contribution in [0.25, 0.3) is 11.4 Å². The molecule has 0 saturated heterocycles. The van der Waals surface area contributed by atoms with Gasteiger partial charge in [-0.1, -0.05) is 18.2 Å². The first-order valence-electron chi connectivity index (χ1n) is 10.1. The number of rotatable bonds is 6. The summed E-state index contributed by atoms with van der Waals surface area (Å²) in [6.45, 7) is 0. The van der Waals surface area contributed by atoms with Crippen LogP contribution in [0.1, 0.15) is 43.7 Å². The second-order valence-electron chi connectivity index (χ2n) is 7.52. The van der Waals surface area contributed by atoms with Gasteiger partial charge in [-0.3, -0.25) is 4.79 Å². The van der Waals surface area contributed by atoms with Crippen molar-refractivity contribution < 1.29 is 9.53 Å². The second kappa shape index (κ2) is 8.46. The summed E-state index contributed by atoms with van der Waals surface area (Å²) in [5.41, 5.74) is 2.27. The minimum Gasteiger partial charge on any atom is -0.496 e. The van der Waals surface area contributed by atoms with Crippen LogP contribution in [-0.4, -0.2) is 28.6 Å². The Bertz CT molecular complexity index is 896. The number of ether oxygens (including phenoxy) is 1. The summed E-state index contributed by atoms with van der Waals surface area (Å²) in [5.74, 6) is 2.04. The molecule has 2 aliphatic heterocycles. The molecule has 1 aliphatic carbocycles. The number of aryl methyl sites for hydroxylation is 1. The molecule has 5 nitrogen and oxygen atoms in total. The number of hydrogen-bond acceptors (Lipinski definition) is 3. The topological polar surface area (TPSA) is 56.1 Å². The molecule has 0 aromatic heterocycles. The largest absolute Gasteiger partial charge is 0.496 e. The van der Waals surface area contributed by atoms with Crippen molar-refractivity contribution in [2.75, 3.05) is 7.11 Å². The number of pyridine rings is 1. The summed E-state index contributed by atoms with van der Waals surface area (Å²) < 4.78 is 7.67. The molecule has 146 valence electrons. The molecule has 4 rings (SSSR count). The van der Waals surface area contributed by atoms with E-state index >= 15 is 0 Å². The number of nitrogens with zero attached hydrogens (tertiary/aromatic N) is 2. The minimum absolute atomic E-state index is 0.127. The first-order valence-corrected chi connectivity index (χ1v) is 10.1. The third-order valence-electron chi connectivity index (χ3n) is 5.75. The number of carbonyl (C=O) groups is 1. The Labute approximate surface area is 166 Å². The van der Waals surface area contributed by atoms with Crippen LogP contribution in [0.2, 0.25) is 0 Å². The molecule has 1 aromatic carbocycles. The third-order valence-corrected chi connectivity index (χ3v) is 5.75. The van der Waals surface area contributed by atoms with E-state index in [0.29, 0.717) is 18.9 Å². The van der Waals surface area contributed by atoms with Crippen LogP contribution in [0.4, 0.5) is 0 Å². The van der Waals surface area contributed by atoms with E-state index in [1.165, 1.54) is 5.56 Å². The normalized spacial score (nSPS) is 19.5. The molecule has 0 bridgehead atoms. The van der Waals surface area contributed by atoms with Gasteiger partial charge in [0.1, 0.15) is 11.6 Å². The summed E-state index contributed by atoms with van der Waals surface area (Å²) in [6, 6.07) is 14.9. The van der Waals surface area contributed by atoms with E-state index < -0.39 is 0 Å². The van der Waals surface area contributed by atoms with E-state index in [9.17, 15) is 4.79 Å². The van der Waals surface area contributed by atoms with Gasteiger partial charge in [0.05, 0.1) is 7.11 Å². The highest BCUT2D eigenvalue weighted by Gasteiger charge is 2.25. The quantitative estimate of drug-likeness (QED) is 0.699. The molecule has 3 aliphatic rings. The fourth-order valence-corrected chi connectivity index (χ4v) is 4.24. The summed E-state index contributed by atoms with van der Waals surface area (Å²) in [5, 5.41) is 3.23. The van der Waals surface area contributed by atoms with Gasteiger partial charge >= 0.3 is 0 Å². The molecule has 0 atom stereocenters. The van der Waals surface area contributed by atoms with Gasteiger partial charge in [-0.05, 0) is 61.9 Å². The Morgan fingerprint density at radius 2 is 1.96 bits per heavy atom. The summed E-state index contributed by atoms with van der Waals surface area (Å²) in [4.78, 5) is 16.9. The molecule has 0 radical (unpaired) electrons. The first-order chi connectivity index (χ1) is 13.7. The van der Waals surface area contributed by atoms with E-state index in [4.69, 9.17) is 4.74 Å². The average molecular weight is 377 g/mol. The van der Waals surface area contributed by atoms with Crippen LogP contribution >= 0.6 is 0 Å². The Morgan fingerprint density at radius 1 is 1.14 bits per heavy atom. The van der Waals surface area contributed by atoms with Gasteiger partial charge in [0.15, 0.2) is 0 Å². The zero-order valence-corrected chi connectivity index (χ0v) is 16.3. The van der Waals surface area contributed by atoms with Crippen LogP contribution in [0.3, 0.4) is 0 Å². The van der Waals surface area contributed by atoms with E-state index in [-0.39, 0.29) is 11.9 Å². The van der Waals surface area contributed by atoms with Crippen LogP contribution in [-0.2, 0) is 11.2 Å². The molecule has 0 unspecified atom stereocenters. The predicted molar refractivity (Wildman–Crippen MR) is 110 cm³/mol. The Morgan fingerprint density at radius 3 is 2.79 bits per heavy atom. The third kappa shape index (κ3) is 4.03. The molecule has 28 heavy (non-hydrogen) atoms. The molecular formula is C23H27N3O2. The van der Waals surface area contributed by atoms with Crippen molar-refractivity contribution in [2.24, 2.45) is 0 Å². The second-order valence-corrected chi connectivity index (χ2v) is 7.52. The summed E-state index contributed by atoms with van der Waals surface area (Å²) in [7, 11) is 1.67. The van der Waals surface area contributed by atoms with Crippen LogP contribution in [0, 0.1) is 0 Å². The molecule has 1 fully saturated rings. The Hall–Kier alpha value is -2.82. The maximum atomic E-state index is 12.4. The molecule has 0 spiro atoms. The van der Waals surface area contributed by atoms with Gasteiger partial charge in [-0.15, -0.1) is 0 Å². The fraction of sp³-hybridized carbons (Fsp3) is 0.391. The van der Waals surface area contributed by atoms with Gasteiger partial charge in [0.25, 0.3) is 0 Å². The van der Waals surface area contributed by atoms with Gasteiger partial charge in [-0.2, -0.15) is 0 Å². The number of aromatic nitrogens is 2. The maximum Gasteiger partial charge on any atom is 0.220 e. The van der Waals surface area contributed by atoms with Gasteiger partial charge in [0.2, 0.25) is 5.91 Å². The monoisotopic (exact) mass is 377 g/mol. The number of methoxy groups -OCH3 is 1. The lowest BCUT2D eigenvalue weighted by Crippen LogP contribution is -2.38. The lowest BCUT2D eigenvalue weighted by molar-refractivity contribution is -0.122. The number of para-hydroxylation sites is 1. The van der Waals surface area contributed by atoms with Crippen molar-refractivity contribution in [3.8, 4) is 17.1 Å². The average Bonchev–Trinajstić information content (AvgIpc) is 3.22. The van der Waals surface area contributed by atoms with E-state index in [2.05, 4.69) is 39.3 Å². The molecule has 1 amide bonds. The first kappa shape index (κ1) is 18.5. The number of fused-ring (bicyclic) bond motifs is 1. The maximum absolute atomic E-state index is 12.4. The predicted octanol–water partition coefficient (Wildman–Crippen LogP) is 4.23. The van der Waals surface area contributed by atoms with Crippen molar-refractivity contribution in [3.63, 3.8) is 0 Å². The van der Waals surface area contributed by atoms with Crippen molar-refractivity contribution in [3.05, 3.63) is 60.4 Å². The smallest absolute Gasteiger partial charge is 0.220 e. The standard InChI is InChI=1S/C23H27N3O2/c1-28-21-7-3-2-5-17(21)8-13-22(27)25-19-9-11-20(12-10-19)26-16-4-6-18-14-15-24-23(18)26/h2-7,14-16,19-20H,8-13H2,1H3,(H,25,27). The van der Waals surface area contributed by atoms with E-state index in [1.54, 1.807) is 7.11 Å². The van der Waals surface area contributed by atoms with E-state index in [1.807, 2.05) is 30.5 Å². The highest BCUT2D eigenvalue weighted by molar-refractivity contribution is 5.76. The number of amides is 1. The Balaban J connectivity index is 1.27. The number of carbonyl (C=O) groups excluding carboxylic acids is 1. The molecule has 1 aromatic rings. The molecule has 2 heterocycles. The number of nitrogens with one attached hydrogen (secondary N) is 1. The van der Waals surface area contributed by atoms with Crippen molar-refractivity contribution in [1.82, 2.24) is 14.9 Å². The summed E-state index contributed by atoms with van der Waals surface area (Å²) in [6.07, 6.45) is 9.34. The molecule has 1 saturated carbocycles. The van der Waals surface area contributed by atoms with Crippen LogP contribution < -0.4 is 10.1 Å².